The maximum Gasteiger partial charge on any atom is 0.277 e. The van der Waals surface area contributed by atoms with Gasteiger partial charge in [-0.25, -0.2) is 9.50 Å². The third-order valence-corrected chi connectivity index (χ3v) is 4.14. The Labute approximate surface area is 135 Å². The van der Waals surface area contributed by atoms with Crippen molar-refractivity contribution in [2.45, 2.75) is 46.0 Å². The Kier molecular flexibility index (Phi) is 4.28. The van der Waals surface area contributed by atoms with E-state index in [-0.39, 0.29) is 11.5 Å². The molecular weight excluding hydrogens is 288 g/mol. The van der Waals surface area contributed by atoms with Crippen molar-refractivity contribution in [3.05, 3.63) is 52.2 Å². The molecule has 2 heterocycles. The SMILES string of the molecule is CCCC(C)c1nc(CC)c2c(=O)[nH]c(-c3ccccc3)nn12. The highest BCUT2D eigenvalue weighted by Crippen LogP contribution is 2.22. The van der Waals surface area contributed by atoms with Crippen LogP contribution < -0.4 is 5.56 Å². The Morgan fingerprint density at radius 3 is 2.61 bits per heavy atom. The van der Waals surface area contributed by atoms with Crippen molar-refractivity contribution in [3.63, 3.8) is 0 Å². The van der Waals surface area contributed by atoms with E-state index in [0.717, 1.165) is 36.3 Å². The largest absolute Gasteiger partial charge is 0.303 e. The Morgan fingerprint density at radius 1 is 1.22 bits per heavy atom. The van der Waals surface area contributed by atoms with Crippen molar-refractivity contribution in [3.8, 4) is 11.4 Å². The second-order valence-electron chi connectivity index (χ2n) is 5.89. The summed E-state index contributed by atoms with van der Waals surface area (Å²) in [6, 6.07) is 9.70. The van der Waals surface area contributed by atoms with Crippen LogP contribution in [-0.2, 0) is 6.42 Å². The molecule has 0 radical (unpaired) electrons. The van der Waals surface area contributed by atoms with Crippen molar-refractivity contribution in [2.75, 3.05) is 0 Å². The summed E-state index contributed by atoms with van der Waals surface area (Å²) >= 11 is 0. The second kappa shape index (κ2) is 6.36. The zero-order valence-electron chi connectivity index (χ0n) is 13.8. The molecule has 0 saturated carbocycles. The molecule has 3 aromatic rings. The number of benzene rings is 1. The normalized spacial score (nSPS) is 12.7. The summed E-state index contributed by atoms with van der Waals surface area (Å²) in [6.07, 6.45) is 2.82. The molecular formula is C18H22N4O. The number of nitrogens with one attached hydrogen (secondary N) is 1. The standard InChI is InChI=1S/C18H22N4O/c1-4-9-12(3)17-19-14(5-2)15-18(23)20-16(21-22(15)17)13-10-7-6-8-11-13/h6-8,10-12H,4-5,9H2,1-3H3,(H,20,21,23). The van der Waals surface area contributed by atoms with Gasteiger partial charge in [-0.15, -0.1) is 5.10 Å². The molecule has 5 nitrogen and oxygen atoms in total. The quantitative estimate of drug-likeness (QED) is 0.784. The Hall–Kier alpha value is -2.43. The molecule has 1 unspecified atom stereocenters. The average Bonchev–Trinajstić information content (AvgIpc) is 2.95. The average molecular weight is 310 g/mol. The van der Waals surface area contributed by atoms with Gasteiger partial charge in [0.25, 0.3) is 5.56 Å². The third-order valence-electron chi connectivity index (χ3n) is 4.14. The van der Waals surface area contributed by atoms with E-state index in [0.29, 0.717) is 11.3 Å². The van der Waals surface area contributed by atoms with Crippen molar-refractivity contribution in [2.24, 2.45) is 0 Å². The number of hydrogen-bond donors (Lipinski definition) is 1. The molecule has 0 aliphatic heterocycles. The number of imidazole rings is 1. The summed E-state index contributed by atoms with van der Waals surface area (Å²) in [7, 11) is 0. The van der Waals surface area contributed by atoms with Crippen LogP contribution in [0.25, 0.3) is 16.9 Å². The lowest BCUT2D eigenvalue weighted by molar-refractivity contribution is 0.607. The maximum absolute atomic E-state index is 12.6. The molecule has 1 atom stereocenters. The highest BCUT2D eigenvalue weighted by molar-refractivity contribution is 5.57. The number of aromatic nitrogens is 4. The minimum atomic E-state index is -0.127. The van der Waals surface area contributed by atoms with Gasteiger partial charge in [-0.05, 0) is 12.8 Å². The number of fused-ring (bicyclic) bond motifs is 1. The van der Waals surface area contributed by atoms with Gasteiger partial charge < -0.3 is 4.98 Å². The van der Waals surface area contributed by atoms with Gasteiger partial charge in [0, 0.05) is 11.5 Å². The van der Waals surface area contributed by atoms with Crippen molar-refractivity contribution >= 4 is 5.52 Å². The van der Waals surface area contributed by atoms with Crippen LogP contribution >= 0.6 is 0 Å². The lowest BCUT2D eigenvalue weighted by atomic mass is 10.1. The number of hydrogen-bond acceptors (Lipinski definition) is 3. The van der Waals surface area contributed by atoms with Gasteiger partial charge in [0.1, 0.15) is 5.82 Å². The summed E-state index contributed by atoms with van der Waals surface area (Å²) in [5.74, 6) is 1.72. The first-order valence-electron chi connectivity index (χ1n) is 8.22. The topological polar surface area (TPSA) is 63.0 Å². The minimum absolute atomic E-state index is 0.127. The van der Waals surface area contributed by atoms with Gasteiger partial charge in [-0.1, -0.05) is 57.5 Å². The van der Waals surface area contributed by atoms with Gasteiger partial charge in [-0.3, -0.25) is 4.79 Å². The molecule has 2 aromatic heterocycles. The van der Waals surface area contributed by atoms with E-state index >= 15 is 0 Å². The summed E-state index contributed by atoms with van der Waals surface area (Å²) < 4.78 is 1.75. The first kappa shape index (κ1) is 15.5. The zero-order valence-corrected chi connectivity index (χ0v) is 13.8. The molecule has 120 valence electrons. The summed E-state index contributed by atoms with van der Waals surface area (Å²) in [6.45, 7) is 6.31. The molecule has 0 spiro atoms. The van der Waals surface area contributed by atoms with Crippen LogP contribution in [0.2, 0.25) is 0 Å². The molecule has 1 N–H and O–H groups in total. The van der Waals surface area contributed by atoms with Gasteiger partial charge >= 0.3 is 0 Å². The van der Waals surface area contributed by atoms with Crippen LogP contribution in [0.3, 0.4) is 0 Å². The van der Waals surface area contributed by atoms with E-state index in [1.807, 2.05) is 37.3 Å². The smallest absolute Gasteiger partial charge is 0.277 e. The molecule has 1 aromatic carbocycles. The van der Waals surface area contributed by atoms with E-state index < -0.39 is 0 Å². The molecule has 0 bridgehead atoms. The van der Waals surface area contributed by atoms with E-state index in [1.54, 1.807) is 4.52 Å². The van der Waals surface area contributed by atoms with Gasteiger partial charge in [0.2, 0.25) is 0 Å². The van der Waals surface area contributed by atoms with Crippen molar-refractivity contribution in [1.82, 2.24) is 19.6 Å². The van der Waals surface area contributed by atoms with Crippen LogP contribution in [0.15, 0.2) is 35.1 Å². The lowest BCUT2D eigenvalue weighted by Gasteiger charge is -2.09. The monoisotopic (exact) mass is 310 g/mol. The summed E-state index contributed by atoms with van der Waals surface area (Å²) in [5, 5.41) is 4.68. The molecule has 5 heteroatoms. The molecule has 23 heavy (non-hydrogen) atoms. The Balaban J connectivity index is 2.25. The van der Waals surface area contributed by atoms with Gasteiger partial charge in [0.05, 0.1) is 5.69 Å². The van der Waals surface area contributed by atoms with Crippen LogP contribution in [0, 0.1) is 0 Å². The summed E-state index contributed by atoms with van der Waals surface area (Å²) in [4.78, 5) is 20.2. The van der Waals surface area contributed by atoms with E-state index in [2.05, 4.69) is 23.9 Å². The fourth-order valence-electron chi connectivity index (χ4n) is 2.95. The number of aromatic amines is 1. The Bertz CT molecular complexity index is 864. The predicted molar refractivity (Wildman–Crippen MR) is 91.7 cm³/mol. The van der Waals surface area contributed by atoms with E-state index in [9.17, 15) is 4.79 Å². The third kappa shape index (κ3) is 2.79. The van der Waals surface area contributed by atoms with E-state index in [1.165, 1.54) is 0 Å². The predicted octanol–water partition coefficient (Wildman–Crippen LogP) is 3.55. The van der Waals surface area contributed by atoms with Crippen LogP contribution in [0.1, 0.15) is 51.0 Å². The molecule has 0 aliphatic rings. The Morgan fingerprint density at radius 2 is 1.96 bits per heavy atom. The zero-order chi connectivity index (χ0) is 16.4. The van der Waals surface area contributed by atoms with Crippen LogP contribution in [0.4, 0.5) is 0 Å². The first-order valence-corrected chi connectivity index (χ1v) is 8.22. The van der Waals surface area contributed by atoms with Gasteiger partial charge in [0.15, 0.2) is 11.3 Å². The lowest BCUT2D eigenvalue weighted by Crippen LogP contribution is -2.16. The maximum atomic E-state index is 12.6. The van der Waals surface area contributed by atoms with E-state index in [4.69, 9.17) is 4.98 Å². The first-order chi connectivity index (χ1) is 11.2. The molecule has 0 saturated heterocycles. The molecule has 0 fully saturated rings. The van der Waals surface area contributed by atoms with Crippen LogP contribution in [-0.4, -0.2) is 19.6 Å². The fraction of sp³-hybridized carbons (Fsp3) is 0.389. The fourth-order valence-corrected chi connectivity index (χ4v) is 2.95. The molecule has 0 aliphatic carbocycles. The van der Waals surface area contributed by atoms with Crippen LogP contribution in [0.5, 0.6) is 0 Å². The minimum Gasteiger partial charge on any atom is -0.303 e. The summed E-state index contributed by atoms with van der Waals surface area (Å²) in [5.41, 5.74) is 2.16. The van der Waals surface area contributed by atoms with Crippen molar-refractivity contribution in [1.29, 1.82) is 0 Å². The van der Waals surface area contributed by atoms with Crippen molar-refractivity contribution < 1.29 is 0 Å². The number of H-pyrrole nitrogens is 1. The molecule has 3 rings (SSSR count). The molecule has 0 amide bonds. The number of aryl methyl sites for hydroxylation is 1. The highest BCUT2D eigenvalue weighted by Gasteiger charge is 2.19. The number of rotatable bonds is 5. The second-order valence-corrected chi connectivity index (χ2v) is 5.89. The number of nitrogens with zero attached hydrogens (tertiary/aromatic N) is 3. The highest BCUT2D eigenvalue weighted by atomic mass is 16.1. The van der Waals surface area contributed by atoms with Gasteiger partial charge in [-0.2, -0.15) is 0 Å².